The minimum atomic E-state index is -0.839. The number of nitrogens with one attached hydrogen (secondary N) is 2. The van der Waals surface area contributed by atoms with E-state index >= 15 is 0 Å². The van der Waals surface area contributed by atoms with E-state index in [2.05, 4.69) is 15.6 Å². The highest BCUT2D eigenvalue weighted by atomic mass is 32.1. The van der Waals surface area contributed by atoms with Crippen LogP contribution in [0.5, 0.6) is 0 Å². The van der Waals surface area contributed by atoms with Gasteiger partial charge in [-0.2, -0.15) is 0 Å². The van der Waals surface area contributed by atoms with Crippen LogP contribution < -0.4 is 10.6 Å². The highest BCUT2D eigenvalue weighted by molar-refractivity contribution is 7.18. The second-order valence-corrected chi connectivity index (χ2v) is 8.81. The molecule has 1 aliphatic carbocycles. The first-order chi connectivity index (χ1) is 13.4. The number of thiazole rings is 1. The molecule has 2 aliphatic rings. The number of hydrogen-bond donors (Lipinski definition) is 2. The predicted octanol–water partition coefficient (Wildman–Crippen LogP) is 2.97. The Morgan fingerprint density at radius 2 is 2.18 bits per heavy atom. The van der Waals surface area contributed by atoms with E-state index in [1.807, 2.05) is 38.1 Å². The number of aromatic nitrogens is 1. The number of fused-ring (bicyclic) bond motifs is 1. The van der Waals surface area contributed by atoms with Crippen molar-refractivity contribution in [1.29, 1.82) is 0 Å². The van der Waals surface area contributed by atoms with Gasteiger partial charge in [0.25, 0.3) is 5.91 Å². The summed E-state index contributed by atoms with van der Waals surface area (Å²) in [7, 11) is 0. The topological polar surface area (TPSA) is 91.4 Å². The maximum Gasteiger partial charge on any atom is 0.325 e. The number of benzene rings is 1. The van der Waals surface area contributed by atoms with Crippen molar-refractivity contribution < 1.29 is 14.4 Å². The van der Waals surface area contributed by atoms with E-state index in [1.165, 1.54) is 11.3 Å². The highest BCUT2D eigenvalue weighted by Gasteiger charge is 2.55. The molecule has 1 saturated heterocycles. The van der Waals surface area contributed by atoms with Crippen molar-refractivity contribution in [1.82, 2.24) is 20.5 Å². The molecule has 2 N–H and O–H groups in total. The Kier molecular flexibility index (Phi) is 4.82. The number of hydrogen-bond acceptors (Lipinski definition) is 5. The van der Waals surface area contributed by atoms with Crippen molar-refractivity contribution in [2.75, 3.05) is 6.54 Å². The molecule has 1 spiro atoms. The van der Waals surface area contributed by atoms with E-state index in [0.29, 0.717) is 6.42 Å². The molecule has 1 saturated carbocycles. The van der Waals surface area contributed by atoms with Crippen molar-refractivity contribution >= 4 is 39.4 Å². The maximum atomic E-state index is 13.0. The van der Waals surface area contributed by atoms with Crippen LogP contribution in [0.25, 0.3) is 10.2 Å². The number of urea groups is 1. The van der Waals surface area contributed by atoms with Gasteiger partial charge in [0.2, 0.25) is 5.91 Å². The van der Waals surface area contributed by atoms with Crippen molar-refractivity contribution in [2.24, 2.45) is 5.92 Å². The van der Waals surface area contributed by atoms with Gasteiger partial charge in [-0.05, 0) is 37.8 Å². The first-order valence-corrected chi connectivity index (χ1v) is 10.5. The zero-order valence-corrected chi connectivity index (χ0v) is 16.8. The Balaban J connectivity index is 1.43. The smallest absolute Gasteiger partial charge is 0.325 e. The minimum absolute atomic E-state index is 0.0763. The van der Waals surface area contributed by atoms with Gasteiger partial charge in [0, 0.05) is 0 Å². The van der Waals surface area contributed by atoms with Crippen LogP contribution >= 0.6 is 11.3 Å². The third-order valence-electron chi connectivity index (χ3n) is 5.86. The molecule has 0 bridgehead atoms. The van der Waals surface area contributed by atoms with Crippen LogP contribution in [0, 0.1) is 5.92 Å². The molecule has 3 atom stereocenters. The normalized spacial score (nSPS) is 25.9. The molecule has 8 heteroatoms. The molecule has 2 aromatic rings. The van der Waals surface area contributed by atoms with Crippen LogP contribution in [0.2, 0.25) is 0 Å². The minimum Gasteiger partial charge on any atom is -0.346 e. The zero-order valence-electron chi connectivity index (χ0n) is 16.0. The molecule has 148 valence electrons. The number of imide groups is 1. The van der Waals surface area contributed by atoms with Gasteiger partial charge >= 0.3 is 6.03 Å². The van der Waals surface area contributed by atoms with Gasteiger partial charge in [-0.15, -0.1) is 11.3 Å². The van der Waals surface area contributed by atoms with Crippen LogP contribution in [0.15, 0.2) is 24.3 Å². The molecule has 0 radical (unpaired) electrons. The molecule has 4 rings (SSSR count). The molecule has 7 nitrogen and oxygen atoms in total. The fourth-order valence-electron chi connectivity index (χ4n) is 4.21. The van der Waals surface area contributed by atoms with Crippen LogP contribution in [0.1, 0.15) is 50.6 Å². The van der Waals surface area contributed by atoms with Gasteiger partial charge in [-0.25, -0.2) is 9.78 Å². The van der Waals surface area contributed by atoms with Crippen molar-refractivity contribution in [3.05, 3.63) is 29.3 Å². The summed E-state index contributed by atoms with van der Waals surface area (Å²) < 4.78 is 1.06. The largest absolute Gasteiger partial charge is 0.346 e. The molecular formula is C20H24N4O3S. The Hall–Kier alpha value is -2.48. The SMILES string of the molecule is C[C@H](NC(=O)CN1C(=O)N[C@@]2(CCCC[C@H]2C)C1=O)c1nc2ccccc2s1. The summed E-state index contributed by atoms with van der Waals surface area (Å²) >= 11 is 1.52. The van der Waals surface area contributed by atoms with E-state index in [9.17, 15) is 14.4 Å². The van der Waals surface area contributed by atoms with Gasteiger partial charge in [0.05, 0.1) is 16.3 Å². The van der Waals surface area contributed by atoms with E-state index < -0.39 is 11.6 Å². The number of nitrogens with zero attached hydrogens (tertiary/aromatic N) is 2. The van der Waals surface area contributed by atoms with Crippen molar-refractivity contribution in [3.63, 3.8) is 0 Å². The molecule has 1 aromatic heterocycles. The molecule has 2 heterocycles. The molecule has 28 heavy (non-hydrogen) atoms. The third-order valence-corrected chi connectivity index (χ3v) is 7.08. The lowest BCUT2D eigenvalue weighted by molar-refractivity contribution is -0.137. The van der Waals surface area contributed by atoms with E-state index in [-0.39, 0.29) is 30.3 Å². The van der Waals surface area contributed by atoms with Gasteiger partial charge in [0.15, 0.2) is 0 Å². The van der Waals surface area contributed by atoms with Crippen molar-refractivity contribution in [3.8, 4) is 0 Å². The van der Waals surface area contributed by atoms with Gasteiger partial charge < -0.3 is 10.6 Å². The van der Waals surface area contributed by atoms with Crippen LogP contribution in [-0.4, -0.2) is 39.8 Å². The summed E-state index contributed by atoms with van der Waals surface area (Å²) in [6.45, 7) is 3.58. The second-order valence-electron chi connectivity index (χ2n) is 7.75. The lowest BCUT2D eigenvalue weighted by atomic mass is 9.73. The zero-order chi connectivity index (χ0) is 19.9. The number of rotatable bonds is 4. The number of para-hydroxylation sites is 1. The van der Waals surface area contributed by atoms with Gasteiger partial charge in [-0.1, -0.05) is 31.9 Å². The summed E-state index contributed by atoms with van der Waals surface area (Å²) in [6.07, 6.45) is 3.51. The fraction of sp³-hybridized carbons (Fsp3) is 0.500. The fourth-order valence-corrected chi connectivity index (χ4v) is 5.18. The van der Waals surface area contributed by atoms with Crippen LogP contribution in [0.4, 0.5) is 4.79 Å². The van der Waals surface area contributed by atoms with Crippen LogP contribution in [0.3, 0.4) is 0 Å². The average Bonchev–Trinajstić information content (AvgIpc) is 3.20. The third kappa shape index (κ3) is 3.15. The second kappa shape index (κ2) is 7.16. The molecule has 1 aromatic carbocycles. The Bertz CT molecular complexity index is 909. The Morgan fingerprint density at radius 1 is 1.39 bits per heavy atom. The maximum absolute atomic E-state index is 13.0. The Labute approximate surface area is 167 Å². The van der Waals surface area contributed by atoms with E-state index in [1.54, 1.807) is 0 Å². The summed E-state index contributed by atoms with van der Waals surface area (Å²) in [6, 6.07) is 7.03. The van der Waals surface area contributed by atoms with Crippen molar-refractivity contribution in [2.45, 2.75) is 51.1 Å². The lowest BCUT2D eigenvalue weighted by Crippen LogP contribution is -2.54. The number of amides is 4. The number of carbonyl (C=O) groups is 3. The van der Waals surface area contributed by atoms with E-state index in [0.717, 1.165) is 39.4 Å². The summed E-state index contributed by atoms with van der Waals surface area (Å²) in [5.41, 5.74) is 0.0553. The molecule has 0 unspecified atom stereocenters. The van der Waals surface area contributed by atoms with Crippen LogP contribution in [-0.2, 0) is 9.59 Å². The Morgan fingerprint density at radius 3 is 2.93 bits per heavy atom. The predicted molar refractivity (Wildman–Crippen MR) is 107 cm³/mol. The molecule has 1 aliphatic heterocycles. The summed E-state index contributed by atoms with van der Waals surface area (Å²) in [4.78, 5) is 43.5. The van der Waals surface area contributed by atoms with Gasteiger partial charge in [-0.3, -0.25) is 14.5 Å². The quantitative estimate of drug-likeness (QED) is 0.772. The summed E-state index contributed by atoms with van der Waals surface area (Å²) in [5.74, 6) is -0.560. The lowest BCUT2D eigenvalue weighted by Gasteiger charge is -2.36. The average molecular weight is 401 g/mol. The molecule has 2 fully saturated rings. The first-order valence-electron chi connectivity index (χ1n) is 9.69. The van der Waals surface area contributed by atoms with Gasteiger partial charge in [0.1, 0.15) is 17.1 Å². The standard InChI is InChI=1S/C20H24N4O3S/c1-12-7-5-6-10-20(12)18(26)24(19(27)23-20)11-16(25)21-13(2)17-22-14-8-3-4-9-15(14)28-17/h3-4,8-9,12-13H,5-7,10-11H2,1-2H3,(H,21,25)(H,23,27)/t12-,13+,20-/m1/s1. The summed E-state index contributed by atoms with van der Waals surface area (Å²) in [5, 5.41) is 6.53. The first kappa shape index (κ1) is 18.9. The molecular weight excluding hydrogens is 376 g/mol. The monoisotopic (exact) mass is 400 g/mol. The van der Waals surface area contributed by atoms with E-state index in [4.69, 9.17) is 0 Å². The molecule has 4 amide bonds. The highest BCUT2D eigenvalue weighted by Crippen LogP contribution is 2.38. The number of carbonyl (C=O) groups excluding carboxylic acids is 3.